The molecule has 2 amide bonds. The number of aromatic amines is 1. The molecule has 11 nitrogen and oxygen atoms in total. The van der Waals surface area contributed by atoms with Crippen molar-refractivity contribution < 1.29 is 9.18 Å². The third-order valence-corrected chi connectivity index (χ3v) is 6.20. The summed E-state index contributed by atoms with van der Waals surface area (Å²) in [7, 11) is 0. The zero-order valence-electron chi connectivity index (χ0n) is 20.9. The molecule has 0 aliphatic carbocycles. The van der Waals surface area contributed by atoms with Gasteiger partial charge in [0, 0.05) is 49.7 Å². The van der Waals surface area contributed by atoms with Crippen LogP contribution in [0, 0.1) is 19.7 Å². The second kappa shape index (κ2) is 10.2. The Morgan fingerprint density at radius 1 is 1.05 bits per heavy atom. The number of hydrogen-bond donors (Lipinski definition) is 3. The minimum absolute atomic E-state index is 0.119. The van der Waals surface area contributed by atoms with Gasteiger partial charge in [-0.25, -0.2) is 18.9 Å². The van der Waals surface area contributed by atoms with Gasteiger partial charge in [-0.15, -0.1) is 0 Å². The lowest BCUT2D eigenvalue weighted by molar-refractivity contribution is 0.191. The molecule has 1 saturated heterocycles. The van der Waals surface area contributed by atoms with Gasteiger partial charge < -0.3 is 20.4 Å². The number of carbonyl (C=O) groups is 1. The van der Waals surface area contributed by atoms with E-state index in [1.165, 1.54) is 17.1 Å². The molecular formula is C25H29FN10O. The van der Waals surface area contributed by atoms with Crippen LogP contribution >= 0.6 is 0 Å². The summed E-state index contributed by atoms with van der Waals surface area (Å²) in [5, 5.41) is 17.3. The first kappa shape index (κ1) is 24.2. The van der Waals surface area contributed by atoms with E-state index in [-0.39, 0.29) is 17.9 Å². The Morgan fingerprint density at radius 2 is 1.81 bits per heavy atom. The van der Waals surface area contributed by atoms with Gasteiger partial charge in [-0.3, -0.25) is 5.10 Å². The van der Waals surface area contributed by atoms with Crippen LogP contribution in [0.4, 0.5) is 26.8 Å². The Labute approximate surface area is 213 Å². The second-order valence-corrected chi connectivity index (χ2v) is 9.10. The smallest absolute Gasteiger partial charge is 0.317 e. The Kier molecular flexibility index (Phi) is 6.71. The number of piperazine rings is 1. The summed E-state index contributed by atoms with van der Waals surface area (Å²) in [4.78, 5) is 26.0. The van der Waals surface area contributed by atoms with E-state index in [0.29, 0.717) is 43.8 Å². The summed E-state index contributed by atoms with van der Waals surface area (Å²) in [6, 6.07) is 11.0. The lowest BCUT2D eigenvalue weighted by Gasteiger charge is -2.35. The van der Waals surface area contributed by atoms with Crippen LogP contribution in [-0.2, 0) is 0 Å². The van der Waals surface area contributed by atoms with Gasteiger partial charge in [0.2, 0.25) is 5.95 Å². The van der Waals surface area contributed by atoms with E-state index in [2.05, 4.69) is 40.8 Å². The van der Waals surface area contributed by atoms with Gasteiger partial charge >= 0.3 is 6.03 Å². The molecule has 12 heteroatoms. The van der Waals surface area contributed by atoms with Gasteiger partial charge in [-0.05, 0) is 38.5 Å². The number of carbonyl (C=O) groups excluding carboxylic acids is 1. The van der Waals surface area contributed by atoms with Crippen LogP contribution in [-0.4, -0.2) is 67.1 Å². The fourth-order valence-electron chi connectivity index (χ4n) is 4.20. The van der Waals surface area contributed by atoms with E-state index in [0.717, 1.165) is 22.6 Å². The maximum absolute atomic E-state index is 13.2. The lowest BCUT2D eigenvalue weighted by Crippen LogP contribution is -2.52. The molecule has 3 N–H and O–H groups in total. The summed E-state index contributed by atoms with van der Waals surface area (Å²) in [6.07, 6.45) is 2.48. The molecule has 0 bridgehead atoms. The molecule has 4 heterocycles. The minimum atomic E-state index is -0.389. The zero-order valence-corrected chi connectivity index (χ0v) is 20.9. The molecule has 1 fully saturated rings. The van der Waals surface area contributed by atoms with Crippen LogP contribution in [0.1, 0.15) is 29.9 Å². The molecule has 3 aromatic heterocycles. The van der Waals surface area contributed by atoms with Crippen molar-refractivity contribution in [1.82, 2.24) is 40.2 Å². The molecule has 192 valence electrons. The SMILES string of the molecule is Cc1cc(Nc2cc(C)[nH]n2)nc(N2CCN(C(=O)NC(C)c3ccc(-n4cc(F)cn4)cc3)CC2)n1. The average molecular weight is 505 g/mol. The molecular weight excluding hydrogens is 475 g/mol. The number of hydrogen-bond acceptors (Lipinski definition) is 7. The number of aryl methyl sites for hydroxylation is 2. The van der Waals surface area contributed by atoms with Crippen LogP contribution in [0.25, 0.3) is 5.69 Å². The Balaban J connectivity index is 1.16. The fraction of sp³-hybridized carbons (Fsp3) is 0.320. The van der Waals surface area contributed by atoms with Crippen molar-refractivity contribution in [2.24, 2.45) is 0 Å². The zero-order chi connectivity index (χ0) is 25.9. The van der Waals surface area contributed by atoms with Crippen LogP contribution < -0.4 is 15.5 Å². The van der Waals surface area contributed by atoms with Crippen molar-refractivity contribution in [2.45, 2.75) is 26.8 Å². The van der Waals surface area contributed by atoms with Gasteiger partial charge in [-0.2, -0.15) is 15.2 Å². The van der Waals surface area contributed by atoms with Crippen LogP contribution in [0.3, 0.4) is 0 Å². The van der Waals surface area contributed by atoms with E-state index in [1.54, 1.807) is 4.90 Å². The van der Waals surface area contributed by atoms with Gasteiger partial charge in [-0.1, -0.05) is 12.1 Å². The number of amides is 2. The van der Waals surface area contributed by atoms with Gasteiger partial charge in [0.25, 0.3) is 0 Å². The minimum Gasteiger partial charge on any atom is -0.337 e. The Hall–Kier alpha value is -4.48. The maximum Gasteiger partial charge on any atom is 0.317 e. The third-order valence-electron chi connectivity index (χ3n) is 6.20. The topological polar surface area (TPSA) is 120 Å². The third kappa shape index (κ3) is 5.68. The van der Waals surface area contributed by atoms with Crippen LogP contribution in [0.5, 0.6) is 0 Å². The van der Waals surface area contributed by atoms with E-state index in [9.17, 15) is 9.18 Å². The first-order chi connectivity index (χ1) is 17.8. The molecule has 0 saturated carbocycles. The second-order valence-electron chi connectivity index (χ2n) is 9.10. The van der Waals surface area contributed by atoms with Gasteiger partial charge in [0.05, 0.1) is 24.1 Å². The van der Waals surface area contributed by atoms with E-state index >= 15 is 0 Å². The molecule has 1 unspecified atom stereocenters. The summed E-state index contributed by atoms with van der Waals surface area (Å²) in [5.41, 5.74) is 3.50. The highest BCUT2D eigenvalue weighted by molar-refractivity contribution is 5.75. The molecule has 1 aliphatic heterocycles. The average Bonchev–Trinajstić information content (AvgIpc) is 3.51. The van der Waals surface area contributed by atoms with E-state index in [4.69, 9.17) is 0 Å². The van der Waals surface area contributed by atoms with Crippen molar-refractivity contribution in [1.29, 1.82) is 0 Å². The molecule has 0 spiro atoms. The van der Waals surface area contributed by atoms with Gasteiger partial charge in [0.1, 0.15) is 5.82 Å². The number of rotatable bonds is 6. The predicted molar refractivity (Wildman–Crippen MR) is 138 cm³/mol. The number of benzene rings is 1. The molecule has 1 aromatic carbocycles. The number of H-pyrrole nitrogens is 1. The van der Waals surface area contributed by atoms with Crippen LogP contribution in [0.15, 0.2) is 48.8 Å². The van der Waals surface area contributed by atoms with Crippen LogP contribution in [0.2, 0.25) is 0 Å². The first-order valence-electron chi connectivity index (χ1n) is 12.1. The highest BCUT2D eigenvalue weighted by atomic mass is 19.1. The molecule has 1 atom stereocenters. The standard InChI is InChI=1S/C25H29FN10O/c1-16-12-22(30-23-13-17(2)32-33-23)31-24(28-16)34-8-10-35(11-9-34)25(37)29-18(3)19-4-6-21(7-5-19)36-15-20(26)14-27-36/h4-7,12-15,18H,8-11H2,1-3H3,(H,29,37)(H2,28,30,31,32,33). The van der Waals surface area contributed by atoms with Gasteiger partial charge in [0.15, 0.2) is 11.6 Å². The predicted octanol–water partition coefficient (Wildman–Crippen LogP) is 3.48. The summed E-state index contributed by atoms with van der Waals surface area (Å²) in [5.74, 6) is 1.61. The Morgan fingerprint density at radius 3 is 2.46 bits per heavy atom. The normalized spacial score (nSPS) is 14.5. The quantitative estimate of drug-likeness (QED) is 0.368. The summed E-state index contributed by atoms with van der Waals surface area (Å²) < 4.78 is 14.7. The maximum atomic E-state index is 13.2. The molecule has 5 rings (SSSR count). The molecule has 1 aliphatic rings. The summed E-state index contributed by atoms with van der Waals surface area (Å²) >= 11 is 0. The van der Waals surface area contributed by atoms with Crippen molar-refractivity contribution in [3.63, 3.8) is 0 Å². The highest BCUT2D eigenvalue weighted by Crippen LogP contribution is 2.20. The van der Waals surface area contributed by atoms with Crippen molar-refractivity contribution in [2.75, 3.05) is 36.4 Å². The largest absolute Gasteiger partial charge is 0.337 e. The number of nitrogens with zero attached hydrogens (tertiary/aromatic N) is 7. The molecule has 4 aromatic rings. The number of halogens is 1. The number of anilines is 3. The number of aromatic nitrogens is 6. The van der Waals surface area contributed by atoms with E-state index in [1.807, 2.05) is 57.2 Å². The van der Waals surface area contributed by atoms with Crippen molar-refractivity contribution in [3.8, 4) is 5.69 Å². The van der Waals surface area contributed by atoms with Crippen molar-refractivity contribution >= 4 is 23.6 Å². The highest BCUT2D eigenvalue weighted by Gasteiger charge is 2.24. The fourth-order valence-corrected chi connectivity index (χ4v) is 4.20. The lowest BCUT2D eigenvalue weighted by atomic mass is 10.1. The monoisotopic (exact) mass is 504 g/mol. The first-order valence-corrected chi connectivity index (χ1v) is 12.1. The van der Waals surface area contributed by atoms with E-state index < -0.39 is 0 Å². The number of urea groups is 1. The summed E-state index contributed by atoms with van der Waals surface area (Å²) in [6.45, 7) is 8.17. The molecule has 37 heavy (non-hydrogen) atoms. The molecule has 0 radical (unpaired) electrons. The Bertz CT molecular complexity index is 1370. The van der Waals surface area contributed by atoms with Crippen molar-refractivity contribution in [3.05, 3.63) is 71.6 Å². The number of nitrogens with one attached hydrogen (secondary N) is 3.